The number of hydrogen-bond donors (Lipinski definition) is 2. The summed E-state index contributed by atoms with van der Waals surface area (Å²) in [5.74, 6) is -0.458. The molecule has 0 unspecified atom stereocenters. The summed E-state index contributed by atoms with van der Waals surface area (Å²) in [6.07, 6.45) is -1.66. The van der Waals surface area contributed by atoms with Crippen LogP contribution in [0.15, 0.2) is 18.2 Å². The normalized spacial score (nSPS) is 15.8. The average molecular weight is 272 g/mol. The summed E-state index contributed by atoms with van der Waals surface area (Å²) < 4.78 is 38.5. The number of nitrogens with one attached hydrogen (secondary N) is 2. The predicted molar refractivity (Wildman–Crippen MR) is 66.1 cm³/mol. The molecule has 2 N–H and O–H groups in total. The van der Waals surface area contributed by atoms with Crippen LogP contribution in [0.5, 0.6) is 0 Å². The number of carbonyl (C=O) groups is 1. The Bertz CT molecular complexity index is 481. The van der Waals surface area contributed by atoms with E-state index >= 15 is 0 Å². The number of anilines is 1. The van der Waals surface area contributed by atoms with Gasteiger partial charge >= 0.3 is 6.18 Å². The van der Waals surface area contributed by atoms with Gasteiger partial charge in [0.1, 0.15) is 0 Å². The highest BCUT2D eigenvalue weighted by Gasteiger charge is 2.35. The molecule has 0 aromatic heterocycles. The van der Waals surface area contributed by atoms with Crippen LogP contribution in [0.4, 0.5) is 18.9 Å². The Hall–Kier alpha value is -1.72. The Morgan fingerprint density at radius 3 is 2.47 bits per heavy atom. The van der Waals surface area contributed by atoms with Crippen molar-refractivity contribution >= 4 is 11.6 Å². The number of carbonyl (C=O) groups excluding carboxylic acids is 1. The van der Waals surface area contributed by atoms with Gasteiger partial charge in [0.15, 0.2) is 0 Å². The van der Waals surface area contributed by atoms with Crippen molar-refractivity contribution in [3.63, 3.8) is 0 Å². The molecule has 0 aliphatic heterocycles. The SMILES string of the molecule is CNc1c(C(=O)NC2CCC2)cccc1C(F)(F)F. The molecular formula is C13H15F3N2O. The molecule has 0 saturated heterocycles. The van der Waals surface area contributed by atoms with E-state index < -0.39 is 17.6 Å². The lowest BCUT2D eigenvalue weighted by atomic mass is 9.92. The number of amides is 1. The van der Waals surface area contributed by atoms with E-state index in [1.54, 1.807) is 0 Å². The number of hydrogen-bond acceptors (Lipinski definition) is 2. The van der Waals surface area contributed by atoms with Crippen molar-refractivity contribution in [2.45, 2.75) is 31.5 Å². The highest BCUT2D eigenvalue weighted by atomic mass is 19.4. The van der Waals surface area contributed by atoms with Crippen molar-refractivity contribution in [1.82, 2.24) is 5.32 Å². The largest absolute Gasteiger partial charge is 0.418 e. The third kappa shape index (κ3) is 2.83. The molecule has 0 bridgehead atoms. The summed E-state index contributed by atoms with van der Waals surface area (Å²) in [6, 6.07) is 3.70. The van der Waals surface area contributed by atoms with Crippen molar-refractivity contribution in [3.05, 3.63) is 29.3 Å². The van der Waals surface area contributed by atoms with Crippen molar-refractivity contribution in [3.8, 4) is 0 Å². The van der Waals surface area contributed by atoms with Gasteiger partial charge in [-0.25, -0.2) is 0 Å². The van der Waals surface area contributed by atoms with E-state index in [-0.39, 0.29) is 17.3 Å². The van der Waals surface area contributed by atoms with Gasteiger partial charge in [-0.15, -0.1) is 0 Å². The van der Waals surface area contributed by atoms with Gasteiger partial charge in [0.25, 0.3) is 5.91 Å². The summed E-state index contributed by atoms with van der Waals surface area (Å²) in [5, 5.41) is 5.22. The van der Waals surface area contributed by atoms with Gasteiger partial charge < -0.3 is 10.6 Å². The Morgan fingerprint density at radius 2 is 2.00 bits per heavy atom. The maximum Gasteiger partial charge on any atom is 0.418 e. The molecule has 0 heterocycles. The second-order valence-corrected chi connectivity index (χ2v) is 4.58. The molecule has 1 aromatic carbocycles. The zero-order valence-electron chi connectivity index (χ0n) is 10.5. The van der Waals surface area contributed by atoms with Crippen molar-refractivity contribution in [1.29, 1.82) is 0 Å². The maximum atomic E-state index is 12.8. The minimum Gasteiger partial charge on any atom is -0.387 e. The van der Waals surface area contributed by atoms with Crippen molar-refractivity contribution in [2.24, 2.45) is 0 Å². The molecule has 0 radical (unpaired) electrons. The standard InChI is InChI=1S/C13H15F3N2O/c1-17-11-9(12(19)18-8-4-2-5-8)6-3-7-10(11)13(14,15)16/h3,6-8,17H,2,4-5H2,1H3,(H,18,19). The zero-order valence-corrected chi connectivity index (χ0v) is 10.5. The molecule has 3 nitrogen and oxygen atoms in total. The second-order valence-electron chi connectivity index (χ2n) is 4.58. The summed E-state index contributed by atoms with van der Waals surface area (Å²) in [4.78, 5) is 12.0. The minimum absolute atomic E-state index is 0.0317. The van der Waals surface area contributed by atoms with Crippen LogP contribution >= 0.6 is 0 Å². The van der Waals surface area contributed by atoms with Crippen molar-refractivity contribution < 1.29 is 18.0 Å². The Balaban J connectivity index is 2.31. The molecule has 2 rings (SSSR count). The first kappa shape index (κ1) is 13.7. The highest BCUT2D eigenvalue weighted by molar-refractivity contribution is 6.00. The highest BCUT2D eigenvalue weighted by Crippen LogP contribution is 2.36. The zero-order chi connectivity index (χ0) is 14.0. The van der Waals surface area contributed by atoms with E-state index in [0.717, 1.165) is 25.3 Å². The molecule has 1 saturated carbocycles. The predicted octanol–water partition coefficient (Wildman–Crippen LogP) is 3.03. The minimum atomic E-state index is -4.48. The monoisotopic (exact) mass is 272 g/mol. The van der Waals surface area contributed by atoms with E-state index in [9.17, 15) is 18.0 Å². The lowest BCUT2D eigenvalue weighted by Crippen LogP contribution is -2.39. The van der Waals surface area contributed by atoms with Gasteiger partial charge in [0, 0.05) is 13.1 Å². The number of alkyl halides is 3. The van der Waals surface area contributed by atoms with Crippen LogP contribution < -0.4 is 10.6 Å². The maximum absolute atomic E-state index is 12.8. The van der Waals surface area contributed by atoms with E-state index in [1.807, 2.05) is 0 Å². The summed E-state index contributed by atoms with van der Waals surface area (Å²) in [6.45, 7) is 0. The Kier molecular flexibility index (Phi) is 3.68. The van der Waals surface area contributed by atoms with Crippen LogP contribution in [0.2, 0.25) is 0 Å². The van der Waals surface area contributed by atoms with Gasteiger partial charge in [-0.1, -0.05) is 6.07 Å². The molecule has 1 fully saturated rings. The molecule has 0 atom stereocenters. The lowest BCUT2D eigenvalue weighted by molar-refractivity contribution is -0.136. The van der Waals surface area contributed by atoms with Gasteiger partial charge in [-0.3, -0.25) is 4.79 Å². The van der Waals surface area contributed by atoms with Crippen LogP contribution in [0.25, 0.3) is 0 Å². The van der Waals surface area contributed by atoms with E-state index in [1.165, 1.54) is 19.2 Å². The molecule has 1 aromatic rings. The van der Waals surface area contributed by atoms with Crippen LogP contribution in [0.3, 0.4) is 0 Å². The molecular weight excluding hydrogens is 257 g/mol. The average Bonchev–Trinajstić information content (AvgIpc) is 2.31. The van der Waals surface area contributed by atoms with Gasteiger partial charge in [-0.2, -0.15) is 13.2 Å². The van der Waals surface area contributed by atoms with Gasteiger partial charge in [0.05, 0.1) is 16.8 Å². The fourth-order valence-electron chi connectivity index (χ4n) is 2.06. The van der Waals surface area contributed by atoms with E-state index in [0.29, 0.717) is 0 Å². The topological polar surface area (TPSA) is 41.1 Å². The molecule has 1 aliphatic rings. The molecule has 19 heavy (non-hydrogen) atoms. The molecule has 1 amide bonds. The second kappa shape index (κ2) is 5.11. The Labute approximate surface area is 109 Å². The lowest BCUT2D eigenvalue weighted by Gasteiger charge is -2.27. The summed E-state index contributed by atoms with van der Waals surface area (Å²) in [5.41, 5.74) is -0.965. The molecule has 104 valence electrons. The number of para-hydroxylation sites is 1. The van der Waals surface area contributed by atoms with Crippen LogP contribution in [0, 0.1) is 0 Å². The first-order chi connectivity index (χ1) is 8.93. The third-order valence-corrected chi connectivity index (χ3v) is 3.30. The number of benzene rings is 1. The fraction of sp³-hybridized carbons (Fsp3) is 0.462. The molecule has 0 spiro atoms. The van der Waals surface area contributed by atoms with Crippen molar-refractivity contribution in [2.75, 3.05) is 12.4 Å². The quantitative estimate of drug-likeness (QED) is 0.888. The summed E-state index contributed by atoms with van der Waals surface area (Å²) >= 11 is 0. The number of rotatable bonds is 3. The van der Waals surface area contributed by atoms with Gasteiger partial charge in [-0.05, 0) is 31.4 Å². The number of halogens is 3. The van der Waals surface area contributed by atoms with Gasteiger partial charge in [0.2, 0.25) is 0 Å². The van der Waals surface area contributed by atoms with Crippen LogP contribution in [-0.4, -0.2) is 19.0 Å². The summed E-state index contributed by atoms with van der Waals surface area (Å²) in [7, 11) is 1.38. The van der Waals surface area contributed by atoms with Crippen LogP contribution in [-0.2, 0) is 6.18 Å². The van der Waals surface area contributed by atoms with E-state index in [4.69, 9.17) is 0 Å². The fourth-order valence-corrected chi connectivity index (χ4v) is 2.06. The van der Waals surface area contributed by atoms with E-state index in [2.05, 4.69) is 10.6 Å². The first-order valence-electron chi connectivity index (χ1n) is 6.12. The third-order valence-electron chi connectivity index (χ3n) is 3.30. The smallest absolute Gasteiger partial charge is 0.387 e. The molecule has 1 aliphatic carbocycles. The Morgan fingerprint density at radius 1 is 1.32 bits per heavy atom. The van der Waals surface area contributed by atoms with Crippen LogP contribution in [0.1, 0.15) is 35.2 Å². The first-order valence-corrected chi connectivity index (χ1v) is 6.12. The molecule has 6 heteroatoms.